The van der Waals surface area contributed by atoms with Crippen LogP contribution >= 0.6 is 0 Å². The summed E-state index contributed by atoms with van der Waals surface area (Å²) in [6, 6.07) is 4.96. The molecule has 0 atom stereocenters. The molecular weight excluding hydrogens is 232 g/mol. The molecule has 0 saturated heterocycles. The predicted molar refractivity (Wildman–Crippen MR) is 66.3 cm³/mol. The number of nitrogens with zero attached hydrogens (tertiary/aromatic N) is 1. The quantitative estimate of drug-likeness (QED) is 0.832. The smallest absolute Gasteiger partial charge is 0.339 e. The third kappa shape index (κ3) is 2.29. The lowest BCUT2D eigenvalue weighted by molar-refractivity contribution is 0.0527. The van der Waals surface area contributed by atoms with E-state index in [4.69, 9.17) is 4.74 Å². The fraction of sp³-hybridized carbons (Fsp3) is 0.154. The van der Waals surface area contributed by atoms with E-state index in [-0.39, 0.29) is 23.3 Å². The number of nitrogens with one attached hydrogen (secondary N) is 1. The molecule has 5 heteroatoms. The molecule has 92 valence electrons. The summed E-state index contributed by atoms with van der Waals surface area (Å²) in [5.74, 6) is -0.512. The number of carbonyl (C=O) groups excluding carboxylic acids is 1. The van der Waals surface area contributed by atoms with Crippen LogP contribution in [0.4, 0.5) is 0 Å². The van der Waals surface area contributed by atoms with E-state index in [0.717, 1.165) is 0 Å². The molecule has 1 N–H and O–H groups in total. The van der Waals surface area contributed by atoms with Gasteiger partial charge in [-0.2, -0.15) is 0 Å². The topological polar surface area (TPSA) is 72.1 Å². The van der Waals surface area contributed by atoms with Gasteiger partial charge in [-0.15, -0.1) is 0 Å². The second kappa shape index (κ2) is 5.27. The number of hydrogen-bond acceptors (Lipinski definition) is 4. The molecule has 0 fully saturated rings. The van der Waals surface area contributed by atoms with Crippen LogP contribution in [0.5, 0.6) is 0 Å². The Labute approximate surface area is 103 Å². The molecule has 2 rings (SSSR count). The van der Waals surface area contributed by atoms with Crippen LogP contribution < -0.4 is 5.56 Å². The van der Waals surface area contributed by atoms with E-state index in [2.05, 4.69) is 9.97 Å². The van der Waals surface area contributed by atoms with Crippen LogP contribution in [0.15, 0.2) is 41.6 Å². The Morgan fingerprint density at radius 1 is 1.44 bits per heavy atom. The van der Waals surface area contributed by atoms with Crippen molar-refractivity contribution in [3.63, 3.8) is 0 Å². The number of H-pyrrole nitrogens is 1. The minimum Gasteiger partial charge on any atom is -0.462 e. The SMILES string of the molecule is CCOC(=O)c1cc[nH]c(=O)c1-c1cccnc1. The molecule has 0 bridgehead atoms. The second-order valence-corrected chi connectivity index (χ2v) is 3.56. The van der Waals surface area contributed by atoms with Crippen LogP contribution in [-0.2, 0) is 4.74 Å². The standard InChI is InChI=1S/C13H12N2O3/c1-2-18-13(17)10-5-7-15-12(16)11(10)9-4-3-6-14-8-9/h3-8H,2H2,1H3,(H,15,16). The molecule has 18 heavy (non-hydrogen) atoms. The Balaban J connectivity index is 2.59. The summed E-state index contributed by atoms with van der Waals surface area (Å²) in [5.41, 5.74) is 0.772. The van der Waals surface area contributed by atoms with E-state index in [1.165, 1.54) is 18.5 Å². The summed E-state index contributed by atoms with van der Waals surface area (Å²) in [6.45, 7) is 1.98. The van der Waals surface area contributed by atoms with Gasteiger partial charge >= 0.3 is 5.97 Å². The first kappa shape index (κ1) is 12.0. The summed E-state index contributed by atoms with van der Waals surface area (Å²) in [7, 11) is 0. The largest absolute Gasteiger partial charge is 0.462 e. The first-order valence-electron chi connectivity index (χ1n) is 5.53. The number of carbonyl (C=O) groups is 1. The number of esters is 1. The lowest BCUT2D eigenvalue weighted by Crippen LogP contribution is -2.16. The van der Waals surface area contributed by atoms with E-state index < -0.39 is 5.97 Å². The maximum absolute atomic E-state index is 11.9. The van der Waals surface area contributed by atoms with Gasteiger partial charge in [0, 0.05) is 24.2 Å². The minimum atomic E-state index is -0.512. The van der Waals surface area contributed by atoms with Gasteiger partial charge in [0.25, 0.3) is 5.56 Å². The van der Waals surface area contributed by atoms with Crippen LogP contribution in [-0.4, -0.2) is 22.5 Å². The van der Waals surface area contributed by atoms with Crippen molar-refractivity contribution < 1.29 is 9.53 Å². The Kier molecular flexibility index (Phi) is 3.52. The lowest BCUT2D eigenvalue weighted by Gasteiger charge is -2.07. The highest BCUT2D eigenvalue weighted by atomic mass is 16.5. The molecule has 0 aromatic carbocycles. The lowest BCUT2D eigenvalue weighted by atomic mass is 10.0. The highest BCUT2D eigenvalue weighted by Gasteiger charge is 2.16. The molecule has 5 nitrogen and oxygen atoms in total. The monoisotopic (exact) mass is 244 g/mol. The highest BCUT2D eigenvalue weighted by Crippen LogP contribution is 2.18. The molecule has 2 aromatic rings. The van der Waals surface area contributed by atoms with E-state index in [9.17, 15) is 9.59 Å². The van der Waals surface area contributed by atoms with Crippen LogP contribution in [0.2, 0.25) is 0 Å². The van der Waals surface area contributed by atoms with E-state index in [0.29, 0.717) is 5.56 Å². The molecule has 0 aliphatic heterocycles. The first-order chi connectivity index (χ1) is 8.74. The maximum Gasteiger partial charge on any atom is 0.339 e. The van der Waals surface area contributed by atoms with Crippen LogP contribution in [0.3, 0.4) is 0 Å². The number of ether oxygens (including phenoxy) is 1. The molecule has 0 aliphatic carbocycles. The summed E-state index contributed by atoms with van der Waals surface area (Å²) in [5, 5.41) is 0. The number of hydrogen-bond donors (Lipinski definition) is 1. The van der Waals surface area contributed by atoms with Crippen molar-refractivity contribution in [1.82, 2.24) is 9.97 Å². The average Bonchev–Trinajstić information content (AvgIpc) is 2.39. The van der Waals surface area contributed by atoms with Gasteiger partial charge in [-0.1, -0.05) is 6.07 Å². The summed E-state index contributed by atoms with van der Waals surface area (Å²) >= 11 is 0. The van der Waals surface area contributed by atoms with Gasteiger partial charge in [0.05, 0.1) is 17.7 Å². The van der Waals surface area contributed by atoms with E-state index in [1.807, 2.05) is 0 Å². The number of pyridine rings is 2. The molecule has 0 amide bonds. The van der Waals surface area contributed by atoms with Crippen molar-refractivity contribution in [1.29, 1.82) is 0 Å². The molecule has 0 unspecified atom stereocenters. The second-order valence-electron chi connectivity index (χ2n) is 3.56. The van der Waals surface area contributed by atoms with E-state index >= 15 is 0 Å². The van der Waals surface area contributed by atoms with Gasteiger partial charge in [0.15, 0.2) is 0 Å². The first-order valence-corrected chi connectivity index (χ1v) is 5.53. The van der Waals surface area contributed by atoms with Crippen molar-refractivity contribution in [3.8, 4) is 11.1 Å². The minimum absolute atomic E-state index is 0.244. The fourth-order valence-electron chi connectivity index (χ4n) is 1.65. The summed E-state index contributed by atoms with van der Waals surface area (Å²) in [4.78, 5) is 30.1. The van der Waals surface area contributed by atoms with Gasteiger partial charge in [-0.25, -0.2) is 4.79 Å². The molecule has 0 radical (unpaired) electrons. The van der Waals surface area contributed by atoms with E-state index in [1.54, 1.807) is 25.3 Å². The number of aromatic nitrogens is 2. The molecule has 2 heterocycles. The average molecular weight is 244 g/mol. The normalized spacial score (nSPS) is 10.1. The molecular formula is C13H12N2O3. The predicted octanol–water partition coefficient (Wildman–Crippen LogP) is 1.61. The zero-order valence-corrected chi connectivity index (χ0v) is 9.84. The Morgan fingerprint density at radius 3 is 2.94 bits per heavy atom. The molecule has 0 aliphatic rings. The molecule has 0 spiro atoms. The van der Waals surface area contributed by atoms with Gasteiger partial charge < -0.3 is 9.72 Å². The Morgan fingerprint density at radius 2 is 2.28 bits per heavy atom. The van der Waals surface area contributed by atoms with Crippen LogP contribution in [0.25, 0.3) is 11.1 Å². The van der Waals surface area contributed by atoms with Gasteiger partial charge in [0.2, 0.25) is 0 Å². The third-order valence-electron chi connectivity index (χ3n) is 2.41. The number of aromatic amines is 1. The maximum atomic E-state index is 11.9. The third-order valence-corrected chi connectivity index (χ3v) is 2.41. The molecule has 2 aromatic heterocycles. The molecule has 0 saturated carbocycles. The van der Waals surface area contributed by atoms with Crippen molar-refractivity contribution in [2.45, 2.75) is 6.92 Å². The summed E-state index contributed by atoms with van der Waals surface area (Å²) in [6.07, 6.45) is 4.56. The van der Waals surface area contributed by atoms with Crippen LogP contribution in [0, 0.1) is 0 Å². The van der Waals surface area contributed by atoms with Gasteiger partial charge in [0.1, 0.15) is 0 Å². The van der Waals surface area contributed by atoms with Crippen molar-refractivity contribution in [3.05, 3.63) is 52.7 Å². The van der Waals surface area contributed by atoms with Gasteiger partial charge in [-0.05, 0) is 19.1 Å². The Hall–Kier alpha value is -2.43. The fourth-order valence-corrected chi connectivity index (χ4v) is 1.65. The van der Waals surface area contributed by atoms with Crippen molar-refractivity contribution in [2.24, 2.45) is 0 Å². The van der Waals surface area contributed by atoms with Crippen molar-refractivity contribution >= 4 is 5.97 Å². The van der Waals surface area contributed by atoms with Crippen LogP contribution in [0.1, 0.15) is 17.3 Å². The van der Waals surface area contributed by atoms with Crippen molar-refractivity contribution in [2.75, 3.05) is 6.61 Å². The number of rotatable bonds is 3. The zero-order valence-electron chi connectivity index (χ0n) is 9.84. The highest BCUT2D eigenvalue weighted by molar-refractivity contribution is 5.96. The zero-order chi connectivity index (χ0) is 13.0. The summed E-state index contributed by atoms with van der Waals surface area (Å²) < 4.78 is 4.93. The van der Waals surface area contributed by atoms with Gasteiger partial charge in [-0.3, -0.25) is 9.78 Å². The Bertz CT molecular complexity index is 605.